The topological polar surface area (TPSA) is 69.2 Å². The molecular weight excluding hydrogens is 409 g/mol. The Morgan fingerprint density at radius 2 is 1.96 bits per heavy atom. The highest BCUT2D eigenvalue weighted by atomic mass is 127. The number of carbonyl (C=O) groups excluding carboxylic acids is 1. The SMILES string of the molecule is CCNC(=NCC(C)N1CCOCC1)NCCC(=O)N(C)C.I. The van der Waals surface area contributed by atoms with Crippen molar-refractivity contribution >= 4 is 35.8 Å². The van der Waals surface area contributed by atoms with Crippen LogP contribution in [0.4, 0.5) is 0 Å². The first-order valence-electron chi connectivity index (χ1n) is 8.08. The first kappa shape index (κ1) is 22.4. The molecule has 1 rings (SSSR count). The van der Waals surface area contributed by atoms with E-state index in [1.54, 1.807) is 19.0 Å². The van der Waals surface area contributed by atoms with Crippen LogP contribution < -0.4 is 10.6 Å². The van der Waals surface area contributed by atoms with Crippen molar-refractivity contribution in [1.29, 1.82) is 0 Å². The third-order valence-electron chi connectivity index (χ3n) is 3.66. The minimum absolute atomic E-state index is 0. The van der Waals surface area contributed by atoms with Crippen molar-refractivity contribution in [2.24, 2.45) is 4.99 Å². The maximum Gasteiger partial charge on any atom is 0.223 e. The van der Waals surface area contributed by atoms with E-state index in [1.807, 2.05) is 6.92 Å². The molecule has 0 aliphatic carbocycles. The summed E-state index contributed by atoms with van der Waals surface area (Å²) in [7, 11) is 3.54. The lowest BCUT2D eigenvalue weighted by atomic mass is 10.2. The van der Waals surface area contributed by atoms with Gasteiger partial charge in [0, 0.05) is 52.7 Å². The number of guanidine groups is 1. The Morgan fingerprint density at radius 3 is 2.52 bits per heavy atom. The predicted molar refractivity (Wildman–Crippen MR) is 105 cm³/mol. The van der Waals surface area contributed by atoms with Crippen molar-refractivity contribution in [3.63, 3.8) is 0 Å². The van der Waals surface area contributed by atoms with Crippen LogP contribution >= 0.6 is 24.0 Å². The molecule has 0 aromatic heterocycles. The quantitative estimate of drug-likeness (QED) is 0.339. The Bertz CT molecular complexity index is 360. The van der Waals surface area contributed by atoms with Crippen molar-refractivity contribution in [2.45, 2.75) is 26.3 Å². The molecule has 23 heavy (non-hydrogen) atoms. The molecule has 0 aromatic carbocycles. The number of aliphatic imine (C=N–C) groups is 1. The smallest absolute Gasteiger partial charge is 0.223 e. The molecule has 136 valence electrons. The van der Waals surface area contributed by atoms with Gasteiger partial charge in [0.1, 0.15) is 0 Å². The third kappa shape index (κ3) is 9.31. The molecule has 1 fully saturated rings. The van der Waals surface area contributed by atoms with Gasteiger partial charge < -0.3 is 20.3 Å². The van der Waals surface area contributed by atoms with Gasteiger partial charge in [-0.1, -0.05) is 0 Å². The molecule has 1 saturated heterocycles. The molecule has 8 heteroatoms. The molecule has 7 nitrogen and oxygen atoms in total. The Kier molecular flexibility index (Phi) is 12.4. The van der Waals surface area contributed by atoms with E-state index in [-0.39, 0.29) is 29.9 Å². The van der Waals surface area contributed by atoms with E-state index in [1.165, 1.54) is 0 Å². The fraction of sp³-hybridized carbons (Fsp3) is 0.867. The van der Waals surface area contributed by atoms with Crippen LogP contribution in [-0.2, 0) is 9.53 Å². The fourth-order valence-corrected chi connectivity index (χ4v) is 2.21. The summed E-state index contributed by atoms with van der Waals surface area (Å²) in [5, 5.41) is 6.43. The van der Waals surface area contributed by atoms with Gasteiger partial charge in [-0.2, -0.15) is 0 Å². The minimum Gasteiger partial charge on any atom is -0.379 e. The lowest BCUT2D eigenvalue weighted by Crippen LogP contribution is -2.44. The Hall–Kier alpha value is -0.610. The second-order valence-electron chi connectivity index (χ2n) is 5.68. The average Bonchev–Trinajstić information content (AvgIpc) is 2.52. The van der Waals surface area contributed by atoms with Gasteiger partial charge in [-0.05, 0) is 13.8 Å². The number of morpholine rings is 1. The van der Waals surface area contributed by atoms with E-state index in [2.05, 4.69) is 27.4 Å². The zero-order valence-electron chi connectivity index (χ0n) is 14.8. The Labute approximate surface area is 157 Å². The molecule has 2 N–H and O–H groups in total. The average molecular weight is 441 g/mol. The lowest BCUT2D eigenvalue weighted by Gasteiger charge is -2.31. The van der Waals surface area contributed by atoms with E-state index in [0.717, 1.165) is 45.4 Å². The van der Waals surface area contributed by atoms with Gasteiger partial charge in [0.25, 0.3) is 0 Å². The third-order valence-corrected chi connectivity index (χ3v) is 3.66. The summed E-state index contributed by atoms with van der Waals surface area (Å²) in [5.74, 6) is 0.888. The molecule has 1 heterocycles. The largest absolute Gasteiger partial charge is 0.379 e. The number of hydrogen-bond acceptors (Lipinski definition) is 4. The van der Waals surface area contributed by atoms with E-state index >= 15 is 0 Å². The Morgan fingerprint density at radius 1 is 1.30 bits per heavy atom. The molecule has 1 unspecified atom stereocenters. The van der Waals surface area contributed by atoms with Crippen LogP contribution in [0.3, 0.4) is 0 Å². The van der Waals surface area contributed by atoms with Crippen LogP contribution in [0.2, 0.25) is 0 Å². The molecule has 0 spiro atoms. The number of nitrogens with one attached hydrogen (secondary N) is 2. The van der Waals surface area contributed by atoms with Gasteiger partial charge >= 0.3 is 0 Å². The number of amides is 1. The summed E-state index contributed by atoms with van der Waals surface area (Å²) in [6.07, 6.45) is 0.469. The molecule has 0 bridgehead atoms. The van der Waals surface area contributed by atoms with Crippen molar-refractivity contribution in [1.82, 2.24) is 20.4 Å². The van der Waals surface area contributed by atoms with Crippen LogP contribution in [0.25, 0.3) is 0 Å². The highest BCUT2D eigenvalue weighted by Gasteiger charge is 2.16. The molecule has 0 saturated carbocycles. The minimum atomic E-state index is 0. The van der Waals surface area contributed by atoms with Gasteiger partial charge in [-0.25, -0.2) is 0 Å². The summed E-state index contributed by atoms with van der Waals surface area (Å²) in [6.45, 7) is 9.90. The zero-order valence-corrected chi connectivity index (χ0v) is 17.1. The number of rotatable bonds is 7. The number of halogens is 1. The monoisotopic (exact) mass is 441 g/mol. The highest BCUT2D eigenvalue weighted by Crippen LogP contribution is 2.03. The normalized spacial score (nSPS) is 17.1. The summed E-state index contributed by atoms with van der Waals surface area (Å²) in [5.41, 5.74) is 0. The predicted octanol–water partition coefficient (Wildman–Crippen LogP) is 0.359. The summed E-state index contributed by atoms with van der Waals surface area (Å²) in [6, 6.07) is 0.391. The Balaban J connectivity index is 0.00000484. The first-order valence-corrected chi connectivity index (χ1v) is 8.08. The van der Waals surface area contributed by atoms with E-state index < -0.39 is 0 Å². The van der Waals surface area contributed by atoms with Gasteiger partial charge in [0.2, 0.25) is 5.91 Å². The fourth-order valence-electron chi connectivity index (χ4n) is 2.21. The van der Waals surface area contributed by atoms with Crippen LogP contribution in [0.15, 0.2) is 4.99 Å². The van der Waals surface area contributed by atoms with Crippen LogP contribution in [-0.4, -0.2) is 87.7 Å². The number of hydrogen-bond donors (Lipinski definition) is 2. The number of ether oxygens (including phenoxy) is 1. The maximum absolute atomic E-state index is 11.6. The molecule has 0 radical (unpaired) electrons. The van der Waals surface area contributed by atoms with Crippen molar-refractivity contribution < 1.29 is 9.53 Å². The molecule has 1 amide bonds. The second kappa shape index (κ2) is 12.8. The summed E-state index contributed by atoms with van der Waals surface area (Å²) < 4.78 is 5.37. The van der Waals surface area contributed by atoms with Gasteiger partial charge in [0.15, 0.2) is 5.96 Å². The van der Waals surface area contributed by atoms with Gasteiger partial charge in [-0.15, -0.1) is 24.0 Å². The summed E-state index contributed by atoms with van der Waals surface area (Å²) in [4.78, 5) is 20.2. The maximum atomic E-state index is 11.6. The number of carbonyl (C=O) groups is 1. The van der Waals surface area contributed by atoms with Crippen molar-refractivity contribution in [2.75, 3.05) is 60.0 Å². The van der Waals surface area contributed by atoms with Crippen molar-refractivity contribution in [3.05, 3.63) is 0 Å². The van der Waals surface area contributed by atoms with E-state index in [4.69, 9.17) is 4.74 Å². The highest BCUT2D eigenvalue weighted by molar-refractivity contribution is 14.0. The molecule has 1 atom stereocenters. The molecule has 0 aromatic rings. The summed E-state index contributed by atoms with van der Waals surface area (Å²) >= 11 is 0. The second-order valence-corrected chi connectivity index (χ2v) is 5.68. The molecule has 1 aliphatic rings. The van der Waals surface area contributed by atoms with Crippen molar-refractivity contribution in [3.8, 4) is 0 Å². The van der Waals surface area contributed by atoms with Gasteiger partial charge in [0.05, 0.1) is 19.8 Å². The zero-order chi connectivity index (χ0) is 16.4. The van der Waals surface area contributed by atoms with Crippen LogP contribution in [0.1, 0.15) is 20.3 Å². The standard InChI is InChI=1S/C15H31N5O2.HI/c1-5-16-15(17-7-6-14(21)19(3)4)18-12-13(2)20-8-10-22-11-9-20;/h13H,5-12H2,1-4H3,(H2,16,17,18);1H. The lowest BCUT2D eigenvalue weighted by molar-refractivity contribution is -0.128. The van der Waals surface area contributed by atoms with E-state index in [9.17, 15) is 4.79 Å². The van der Waals surface area contributed by atoms with Crippen LogP contribution in [0, 0.1) is 0 Å². The van der Waals surface area contributed by atoms with Gasteiger partial charge in [-0.3, -0.25) is 14.7 Å². The molecular formula is C15H32IN5O2. The first-order chi connectivity index (χ1) is 10.5. The number of nitrogens with zero attached hydrogens (tertiary/aromatic N) is 3. The molecule has 1 aliphatic heterocycles. The van der Waals surface area contributed by atoms with Crippen LogP contribution in [0.5, 0.6) is 0 Å². The van der Waals surface area contributed by atoms with E-state index in [0.29, 0.717) is 19.0 Å².